The van der Waals surface area contributed by atoms with Crippen molar-refractivity contribution in [2.75, 3.05) is 23.4 Å². The summed E-state index contributed by atoms with van der Waals surface area (Å²) in [5.41, 5.74) is 0.400. The highest BCUT2D eigenvalue weighted by Crippen LogP contribution is 2.23. The average Bonchev–Trinajstić information content (AvgIpc) is 2.64. The van der Waals surface area contributed by atoms with E-state index in [4.69, 9.17) is 0 Å². The second-order valence-electron chi connectivity index (χ2n) is 5.32. The fourth-order valence-electron chi connectivity index (χ4n) is 2.32. The molecule has 1 aromatic heterocycles. The summed E-state index contributed by atoms with van der Waals surface area (Å²) in [5.74, 6) is -0.239. The number of anilines is 1. The first-order valence-electron chi connectivity index (χ1n) is 6.56. The van der Waals surface area contributed by atoms with Gasteiger partial charge in [-0.3, -0.25) is 9.78 Å². The van der Waals surface area contributed by atoms with Crippen LogP contribution in [0.25, 0.3) is 0 Å². The number of hydrogen-bond donors (Lipinski definition) is 2. The number of nitrogens with one attached hydrogen (secondary N) is 2. The maximum Gasteiger partial charge on any atom is 0.270 e. The lowest BCUT2D eigenvalue weighted by atomic mass is 10.0. The van der Waals surface area contributed by atoms with E-state index in [1.54, 1.807) is 25.3 Å². The SMILES string of the molecule is CCNc1ccnc(C(=O)NC2(C)CCS(=O)(=O)C2)c1. The third kappa shape index (κ3) is 3.47. The molecule has 1 fully saturated rings. The van der Waals surface area contributed by atoms with Gasteiger partial charge in [0.1, 0.15) is 5.69 Å². The molecule has 1 aliphatic heterocycles. The summed E-state index contributed by atoms with van der Waals surface area (Å²) >= 11 is 0. The van der Waals surface area contributed by atoms with Crippen LogP contribution in [0.5, 0.6) is 0 Å². The zero-order valence-corrected chi connectivity index (χ0v) is 12.5. The maximum absolute atomic E-state index is 12.2. The summed E-state index contributed by atoms with van der Waals surface area (Å²) < 4.78 is 23.1. The van der Waals surface area contributed by atoms with Crippen LogP contribution in [0.3, 0.4) is 0 Å². The Morgan fingerprint density at radius 3 is 2.85 bits per heavy atom. The molecule has 110 valence electrons. The highest BCUT2D eigenvalue weighted by molar-refractivity contribution is 7.91. The standard InChI is InChI=1S/C13H19N3O3S/c1-3-14-10-4-6-15-11(8-10)12(17)16-13(2)5-7-20(18,19)9-13/h4,6,8H,3,5,7,9H2,1-2H3,(H,14,15)(H,16,17). The molecule has 1 unspecified atom stereocenters. The number of rotatable bonds is 4. The Labute approximate surface area is 118 Å². The molecular formula is C13H19N3O3S. The molecule has 1 atom stereocenters. The summed E-state index contributed by atoms with van der Waals surface area (Å²) in [7, 11) is -3.05. The largest absolute Gasteiger partial charge is 0.385 e. The highest BCUT2D eigenvalue weighted by atomic mass is 32.2. The van der Waals surface area contributed by atoms with Crippen LogP contribution >= 0.6 is 0 Å². The van der Waals surface area contributed by atoms with E-state index in [0.717, 1.165) is 12.2 Å². The number of amides is 1. The van der Waals surface area contributed by atoms with Gasteiger partial charge < -0.3 is 10.6 Å². The van der Waals surface area contributed by atoms with E-state index in [0.29, 0.717) is 6.42 Å². The van der Waals surface area contributed by atoms with Crippen molar-refractivity contribution >= 4 is 21.4 Å². The first kappa shape index (κ1) is 14.8. The fourth-order valence-corrected chi connectivity index (χ4v) is 4.41. The first-order valence-corrected chi connectivity index (χ1v) is 8.39. The van der Waals surface area contributed by atoms with Crippen LogP contribution in [0.1, 0.15) is 30.8 Å². The van der Waals surface area contributed by atoms with Crippen LogP contribution in [0.4, 0.5) is 5.69 Å². The van der Waals surface area contributed by atoms with Gasteiger partial charge in [0.15, 0.2) is 9.84 Å². The summed E-state index contributed by atoms with van der Waals surface area (Å²) in [6.07, 6.45) is 1.99. The second-order valence-corrected chi connectivity index (χ2v) is 7.50. The van der Waals surface area contributed by atoms with Gasteiger partial charge in [-0.05, 0) is 32.4 Å². The third-order valence-corrected chi connectivity index (χ3v) is 5.20. The lowest BCUT2D eigenvalue weighted by molar-refractivity contribution is 0.0910. The molecule has 20 heavy (non-hydrogen) atoms. The molecule has 0 aliphatic carbocycles. The number of sulfone groups is 1. The molecule has 0 saturated carbocycles. The maximum atomic E-state index is 12.2. The van der Waals surface area contributed by atoms with E-state index in [-0.39, 0.29) is 23.1 Å². The molecule has 7 heteroatoms. The smallest absolute Gasteiger partial charge is 0.270 e. The van der Waals surface area contributed by atoms with Crippen molar-refractivity contribution in [2.45, 2.75) is 25.8 Å². The van der Waals surface area contributed by atoms with Gasteiger partial charge in [0.25, 0.3) is 5.91 Å². The van der Waals surface area contributed by atoms with E-state index >= 15 is 0 Å². The Balaban J connectivity index is 2.11. The van der Waals surface area contributed by atoms with Crippen LogP contribution < -0.4 is 10.6 Å². The molecule has 6 nitrogen and oxygen atoms in total. The van der Waals surface area contributed by atoms with Crippen molar-refractivity contribution in [1.82, 2.24) is 10.3 Å². The molecule has 0 bridgehead atoms. The van der Waals surface area contributed by atoms with Crippen molar-refractivity contribution in [3.05, 3.63) is 24.0 Å². The zero-order valence-electron chi connectivity index (χ0n) is 11.6. The minimum Gasteiger partial charge on any atom is -0.385 e. The van der Waals surface area contributed by atoms with Gasteiger partial charge in [-0.15, -0.1) is 0 Å². The minimum absolute atomic E-state index is 0.0152. The van der Waals surface area contributed by atoms with Crippen molar-refractivity contribution < 1.29 is 13.2 Å². The number of nitrogens with zero attached hydrogens (tertiary/aromatic N) is 1. The molecule has 0 spiro atoms. The first-order chi connectivity index (χ1) is 9.34. The lowest BCUT2D eigenvalue weighted by Crippen LogP contribution is -2.47. The topological polar surface area (TPSA) is 88.2 Å². The van der Waals surface area contributed by atoms with Crippen LogP contribution in [-0.4, -0.2) is 42.9 Å². The Morgan fingerprint density at radius 1 is 1.50 bits per heavy atom. The van der Waals surface area contributed by atoms with Gasteiger partial charge in [-0.1, -0.05) is 0 Å². The summed E-state index contributed by atoms with van der Waals surface area (Å²) in [5, 5.41) is 5.89. The molecule has 2 N–H and O–H groups in total. The predicted octanol–water partition coefficient (Wildman–Crippen LogP) is 0.820. The minimum atomic E-state index is -3.05. The lowest BCUT2D eigenvalue weighted by Gasteiger charge is -2.23. The quantitative estimate of drug-likeness (QED) is 0.859. The molecule has 1 saturated heterocycles. The van der Waals surface area contributed by atoms with Crippen molar-refractivity contribution in [3.8, 4) is 0 Å². The molecule has 1 aliphatic rings. The van der Waals surface area contributed by atoms with Gasteiger partial charge >= 0.3 is 0 Å². The Morgan fingerprint density at radius 2 is 2.25 bits per heavy atom. The number of carbonyl (C=O) groups is 1. The molecule has 0 radical (unpaired) electrons. The third-order valence-electron chi connectivity index (χ3n) is 3.29. The van der Waals surface area contributed by atoms with Gasteiger partial charge in [-0.25, -0.2) is 8.42 Å². The molecule has 2 rings (SSSR count). The van der Waals surface area contributed by atoms with Crippen molar-refractivity contribution in [3.63, 3.8) is 0 Å². The number of aromatic nitrogens is 1. The van der Waals surface area contributed by atoms with Gasteiger partial charge in [0.2, 0.25) is 0 Å². The number of carbonyl (C=O) groups excluding carboxylic acids is 1. The highest BCUT2D eigenvalue weighted by Gasteiger charge is 2.39. The van der Waals surface area contributed by atoms with Gasteiger partial charge in [-0.2, -0.15) is 0 Å². The normalized spacial score (nSPS) is 24.3. The van der Waals surface area contributed by atoms with Crippen molar-refractivity contribution in [1.29, 1.82) is 0 Å². The second kappa shape index (κ2) is 5.40. The van der Waals surface area contributed by atoms with E-state index in [1.165, 1.54) is 0 Å². The molecule has 1 amide bonds. The van der Waals surface area contributed by atoms with Crippen LogP contribution in [-0.2, 0) is 9.84 Å². The van der Waals surface area contributed by atoms with E-state index in [9.17, 15) is 13.2 Å². The molecule has 1 aromatic rings. The Hall–Kier alpha value is -1.63. The van der Waals surface area contributed by atoms with E-state index in [2.05, 4.69) is 15.6 Å². The Kier molecular flexibility index (Phi) is 3.99. The van der Waals surface area contributed by atoms with Crippen molar-refractivity contribution in [2.24, 2.45) is 0 Å². The molecule has 0 aromatic carbocycles. The summed E-state index contributed by atoms with van der Waals surface area (Å²) in [6.45, 7) is 4.47. The van der Waals surface area contributed by atoms with E-state index in [1.807, 2.05) is 6.92 Å². The number of hydrogen-bond acceptors (Lipinski definition) is 5. The summed E-state index contributed by atoms with van der Waals surface area (Å²) in [4.78, 5) is 16.2. The van der Waals surface area contributed by atoms with E-state index < -0.39 is 15.4 Å². The molecular weight excluding hydrogens is 278 g/mol. The van der Waals surface area contributed by atoms with Crippen LogP contribution in [0.15, 0.2) is 18.3 Å². The summed E-state index contributed by atoms with van der Waals surface area (Å²) in [6, 6.07) is 3.44. The van der Waals surface area contributed by atoms with Crippen LogP contribution in [0, 0.1) is 0 Å². The Bertz CT molecular complexity index is 615. The molecule has 2 heterocycles. The monoisotopic (exact) mass is 297 g/mol. The average molecular weight is 297 g/mol. The fraction of sp³-hybridized carbons (Fsp3) is 0.538. The van der Waals surface area contributed by atoms with Gasteiger partial charge in [0, 0.05) is 18.4 Å². The van der Waals surface area contributed by atoms with Gasteiger partial charge in [0.05, 0.1) is 17.0 Å². The zero-order chi connectivity index (χ0) is 14.8. The number of pyridine rings is 1. The predicted molar refractivity (Wildman–Crippen MR) is 77.5 cm³/mol. The van der Waals surface area contributed by atoms with Crippen LogP contribution in [0.2, 0.25) is 0 Å².